The lowest BCUT2D eigenvalue weighted by atomic mass is 10.2. The summed E-state index contributed by atoms with van der Waals surface area (Å²) in [5.41, 5.74) is 0.434. The number of benzene rings is 2. The maximum absolute atomic E-state index is 11.9. The van der Waals surface area contributed by atoms with Crippen LogP contribution >= 0.6 is 0 Å². The summed E-state index contributed by atoms with van der Waals surface area (Å²) in [7, 11) is 3.01. The van der Waals surface area contributed by atoms with Gasteiger partial charge in [-0.2, -0.15) is 0 Å². The zero-order valence-electron chi connectivity index (χ0n) is 15.2. The van der Waals surface area contributed by atoms with E-state index in [1.807, 2.05) is 0 Å². The molecular weight excluding hydrogens is 368 g/mol. The average Bonchev–Trinajstić information content (AvgIpc) is 2.70. The molecule has 0 fully saturated rings. The molecule has 0 saturated carbocycles. The fraction of sp³-hybridized carbons (Fsp3) is 0.158. The molecule has 0 bridgehead atoms. The van der Waals surface area contributed by atoms with Crippen LogP contribution in [0, 0.1) is 10.1 Å². The van der Waals surface area contributed by atoms with Crippen LogP contribution in [0.5, 0.6) is 11.5 Å². The Morgan fingerprint density at radius 2 is 1.82 bits per heavy atom. The molecule has 0 aliphatic heterocycles. The van der Waals surface area contributed by atoms with Crippen molar-refractivity contribution in [3.63, 3.8) is 0 Å². The van der Waals surface area contributed by atoms with E-state index >= 15 is 0 Å². The minimum absolute atomic E-state index is 0.0226. The molecule has 9 heteroatoms. The Morgan fingerprint density at radius 3 is 2.50 bits per heavy atom. The first-order valence-corrected chi connectivity index (χ1v) is 8.04. The highest BCUT2D eigenvalue weighted by Crippen LogP contribution is 2.28. The Balaban J connectivity index is 1.91. The van der Waals surface area contributed by atoms with Crippen molar-refractivity contribution in [1.82, 2.24) is 0 Å². The van der Waals surface area contributed by atoms with Crippen LogP contribution < -0.4 is 14.8 Å². The number of para-hydroxylation sites is 2. The largest absolute Gasteiger partial charge is 0.493 e. The summed E-state index contributed by atoms with van der Waals surface area (Å²) in [4.78, 5) is 33.9. The van der Waals surface area contributed by atoms with Crippen molar-refractivity contribution in [2.75, 3.05) is 26.1 Å². The maximum atomic E-state index is 11.9. The molecule has 0 atom stereocenters. The molecule has 0 heterocycles. The smallest absolute Gasteiger partial charge is 0.331 e. The highest BCUT2D eigenvalue weighted by molar-refractivity contribution is 5.96. The molecule has 1 N–H and O–H groups in total. The molecule has 2 rings (SSSR count). The van der Waals surface area contributed by atoms with E-state index in [1.54, 1.807) is 24.3 Å². The Bertz CT molecular complexity index is 909. The summed E-state index contributed by atoms with van der Waals surface area (Å²) in [6.45, 7) is -0.582. The number of esters is 1. The van der Waals surface area contributed by atoms with E-state index in [9.17, 15) is 19.7 Å². The third-order valence-electron chi connectivity index (χ3n) is 3.54. The van der Waals surface area contributed by atoms with E-state index in [4.69, 9.17) is 14.2 Å². The van der Waals surface area contributed by atoms with Crippen LogP contribution in [0.2, 0.25) is 0 Å². The van der Waals surface area contributed by atoms with Gasteiger partial charge in [0.05, 0.1) is 19.1 Å². The van der Waals surface area contributed by atoms with Gasteiger partial charge in [-0.05, 0) is 29.8 Å². The second-order valence-electron chi connectivity index (χ2n) is 5.38. The molecule has 0 aliphatic rings. The molecule has 2 aromatic carbocycles. The van der Waals surface area contributed by atoms with Crippen molar-refractivity contribution in [1.29, 1.82) is 0 Å². The lowest BCUT2D eigenvalue weighted by Gasteiger charge is -2.07. The highest BCUT2D eigenvalue weighted by Gasteiger charge is 2.15. The minimum atomic E-state index is -0.743. The molecule has 9 nitrogen and oxygen atoms in total. The van der Waals surface area contributed by atoms with Gasteiger partial charge in [0.15, 0.2) is 18.1 Å². The Hall–Kier alpha value is -3.88. The summed E-state index contributed by atoms with van der Waals surface area (Å²) in [6, 6.07) is 10.7. The van der Waals surface area contributed by atoms with E-state index in [-0.39, 0.29) is 11.4 Å². The molecule has 0 spiro atoms. The number of carbonyl (C=O) groups excluding carboxylic acids is 2. The molecule has 146 valence electrons. The lowest BCUT2D eigenvalue weighted by Crippen LogP contribution is -2.20. The molecule has 0 radical (unpaired) electrons. The number of nitrogens with one attached hydrogen (secondary N) is 1. The third kappa shape index (κ3) is 5.56. The minimum Gasteiger partial charge on any atom is -0.493 e. The summed E-state index contributed by atoms with van der Waals surface area (Å²) in [5, 5.41) is 13.3. The van der Waals surface area contributed by atoms with Crippen LogP contribution in [0.1, 0.15) is 5.56 Å². The zero-order chi connectivity index (χ0) is 20.5. The van der Waals surface area contributed by atoms with Gasteiger partial charge in [0.1, 0.15) is 5.69 Å². The van der Waals surface area contributed by atoms with Gasteiger partial charge < -0.3 is 19.5 Å². The van der Waals surface area contributed by atoms with E-state index < -0.39 is 23.4 Å². The van der Waals surface area contributed by atoms with Gasteiger partial charge in [-0.1, -0.05) is 18.2 Å². The van der Waals surface area contributed by atoms with Gasteiger partial charge in [0.25, 0.3) is 11.6 Å². The number of nitrogens with zero attached hydrogens (tertiary/aromatic N) is 1. The van der Waals surface area contributed by atoms with Crippen molar-refractivity contribution in [2.45, 2.75) is 0 Å². The maximum Gasteiger partial charge on any atom is 0.331 e. The SMILES string of the molecule is COc1ccc(/C=C/C(=O)OCC(=O)Nc2ccccc2[N+](=O)[O-])cc1OC. The first-order valence-electron chi connectivity index (χ1n) is 8.04. The number of nitro benzene ring substituents is 1. The van der Waals surface area contributed by atoms with Gasteiger partial charge >= 0.3 is 5.97 Å². The first-order chi connectivity index (χ1) is 13.4. The number of amides is 1. The highest BCUT2D eigenvalue weighted by atomic mass is 16.6. The van der Waals surface area contributed by atoms with Crippen LogP contribution in [0.4, 0.5) is 11.4 Å². The standard InChI is InChI=1S/C19H18N2O7/c1-26-16-9-7-13(11-17(16)27-2)8-10-19(23)28-12-18(22)20-14-5-3-4-6-15(14)21(24)25/h3-11H,12H2,1-2H3,(H,20,22)/b10-8+. The van der Waals surface area contributed by atoms with Crippen LogP contribution in [0.25, 0.3) is 6.08 Å². The predicted octanol–water partition coefficient (Wildman–Crippen LogP) is 2.81. The predicted molar refractivity (Wildman–Crippen MR) is 101 cm³/mol. The third-order valence-corrected chi connectivity index (χ3v) is 3.54. The molecule has 28 heavy (non-hydrogen) atoms. The van der Waals surface area contributed by atoms with Crippen molar-refractivity contribution < 1.29 is 28.7 Å². The molecular formula is C19H18N2O7. The number of rotatable bonds is 8. The Morgan fingerprint density at radius 1 is 1.11 bits per heavy atom. The van der Waals surface area contributed by atoms with Crippen molar-refractivity contribution in [3.05, 3.63) is 64.2 Å². The number of anilines is 1. The Labute approximate surface area is 160 Å². The normalized spacial score (nSPS) is 10.4. The molecule has 0 unspecified atom stereocenters. The van der Waals surface area contributed by atoms with E-state index in [1.165, 1.54) is 38.5 Å². The number of hydrogen-bond acceptors (Lipinski definition) is 7. The van der Waals surface area contributed by atoms with Crippen molar-refractivity contribution >= 4 is 29.3 Å². The topological polar surface area (TPSA) is 117 Å². The molecule has 1 amide bonds. The van der Waals surface area contributed by atoms with E-state index in [0.29, 0.717) is 17.1 Å². The number of nitro groups is 1. The quantitative estimate of drug-likeness (QED) is 0.321. The number of hydrogen-bond donors (Lipinski definition) is 1. The fourth-order valence-corrected chi connectivity index (χ4v) is 2.23. The van der Waals surface area contributed by atoms with E-state index in [2.05, 4.69) is 5.32 Å². The van der Waals surface area contributed by atoms with Crippen molar-refractivity contribution in [3.8, 4) is 11.5 Å². The number of methoxy groups -OCH3 is 2. The van der Waals surface area contributed by atoms with E-state index in [0.717, 1.165) is 6.08 Å². The molecule has 0 aliphatic carbocycles. The van der Waals surface area contributed by atoms with Gasteiger partial charge in [-0.25, -0.2) is 4.79 Å². The lowest BCUT2D eigenvalue weighted by molar-refractivity contribution is -0.383. The second kappa shape index (κ2) is 9.72. The fourth-order valence-electron chi connectivity index (χ4n) is 2.23. The summed E-state index contributed by atoms with van der Waals surface area (Å²) in [5.74, 6) is -0.384. The van der Waals surface area contributed by atoms with Gasteiger partial charge in [-0.3, -0.25) is 14.9 Å². The number of ether oxygens (including phenoxy) is 3. The molecule has 2 aromatic rings. The van der Waals surface area contributed by atoms with Crippen LogP contribution in [0.15, 0.2) is 48.5 Å². The van der Waals surface area contributed by atoms with Crippen molar-refractivity contribution in [2.24, 2.45) is 0 Å². The second-order valence-corrected chi connectivity index (χ2v) is 5.38. The van der Waals surface area contributed by atoms with Crippen LogP contribution in [-0.4, -0.2) is 37.6 Å². The van der Waals surface area contributed by atoms with Gasteiger partial charge in [-0.15, -0.1) is 0 Å². The summed E-state index contributed by atoms with van der Waals surface area (Å²) >= 11 is 0. The first kappa shape index (κ1) is 20.4. The van der Waals surface area contributed by atoms with Gasteiger partial charge in [0, 0.05) is 12.1 Å². The summed E-state index contributed by atoms with van der Waals surface area (Å²) < 4.78 is 15.1. The summed E-state index contributed by atoms with van der Waals surface area (Å²) in [6.07, 6.45) is 2.64. The monoisotopic (exact) mass is 386 g/mol. The molecule has 0 aromatic heterocycles. The molecule has 0 saturated heterocycles. The Kier molecular flexibility index (Phi) is 7.09. The number of carbonyl (C=O) groups is 2. The van der Waals surface area contributed by atoms with Crippen LogP contribution in [-0.2, 0) is 14.3 Å². The van der Waals surface area contributed by atoms with Gasteiger partial charge in [0.2, 0.25) is 0 Å². The average molecular weight is 386 g/mol. The zero-order valence-corrected chi connectivity index (χ0v) is 15.2. The van der Waals surface area contributed by atoms with Crippen LogP contribution in [0.3, 0.4) is 0 Å².